The fourth-order valence-corrected chi connectivity index (χ4v) is 6.41. The van der Waals surface area contributed by atoms with Gasteiger partial charge in [-0.15, -0.1) is 0 Å². The van der Waals surface area contributed by atoms with Gasteiger partial charge in [0.05, 0.1) is 11.7 Å². The Hall–Kier alpha value is -2.73. The Kier molecular flexibility index (Phi) is 5.49. The first-order valence-corrected chi connectivity index (χ1v) is 12.3. The molecule has 6 heteroatoms. The van der Waals surface area contributed by atoms with E-state index in [2.05, 4.69) is 91.7 Å². The number of hydrogen-bond donors (Lipinski definition) is 0. The number of rotatable bonds is 5. The highest BCUT2D eigenvalue weighted by molar-refractivity contribution is 8.14. The fraction of sp³-hybridized carbons (Fsp3) is 0.385. The third kappa shape index (κ3) is 3.41. The molecule has 3 aromatic rings. The Bertz CT molecular complexity index is 1130. The first-order chi connectivity index (χ1) is 15.5. The number of hydrogen-bond acceptors (Lipinski definition) is 5. The van der Waals surface area contributed by atoms with Gasteiger partial charge in [0.25, 0.3) is 0 Å². The van der Waals surface area contributed by atoms with Gasteiger partial charge in [-0.1, -0.05) is 24.8 Å². The summed E-state index contributed by atoms with van der Waals surface area (Å²) in [5.74, 6) is 1.12. The highest BCUT2D eigenvalue weighted by atomic mass is 32.2. The molecular weight excluding hydrogens is 414 g/mol. The molecule has 2 aliphatic heterocycles. The Morgan fingerprint density at radius 1 is 1.09 bits per heavy atom. The molecule has 1 fully saturated rings. The van der Waals surface area contributed by atoms with Crippen LogP contribution in [0, 0.1) is 13.8 Å². The van der Waals surface area contributed by atoms with Crippen molar-refractivity contribution in [2.75, 3.05) is 24.7 Å². The van der Waals surface area contributed by atoms with Gasteiger partial charge in [0.1, 0.15) is 6.04 Å². The van der Waals surface area contributed by atoms with E-state index >= 15 is 0 Å². The van der Waals surface area contributed by atoms with Crippen molar-refractivity contribution < 1.29 is 0 Å². The van der Waals surface area contributed by atoms with Gasteiger partial charge in [0.2, 0.25) is 0 Å². The van der Waals surface area contributed by atoms with E-state index in [4.69, 9.17) is 9.98 Å². The van der Waals surface area contributed by atoms with Crippen LogP contribution in [-0.2, 0) is 0 Å². The summed E-state index contributed by atoms with van der Waals surface area (Å²) in [4.78, 5) is 14.6. The van der Waals surface area contributed by atoms with Crippen molar-refractivity contribution in [1.82, 2.24) is 14.5 Å². The number of amidine groups is 1. The van der Waals surface area contributed by atoms with Crippen molar-refractivity contribution in [1.29, 1.82) is 0 Å². The van der Waals surface area contributed by atoms with E-state index < -0.39 is 0 Å². The summed E-state index contributed by atoms with van der Waals surface area (Å²) >= 11 is 1.90. The number of aliphatic imine (C=N–C) groups is 1. The first kappa shape index (κ1) is 21.1. The lowest BCUT2D eigenvalue weighted by Crippen LogP contribution is -2.35. The molecule has 0 saturated carbocycles. The minimum absolute atomic E-state index is 0.0260. The van der Waals surface area contributed by atoms with Crippen LogP contribution in [0.1, 0.15) is 48.1 Å². The molecule has 0 amide bonds. The van der Waals surface area contributed by atoms with Gasteiger partial charge in [0, 0.05) is 54.8 Å². The molecule has 0 unspecified atom stereocenters. The number of aromatic nitrogens is 2. The quantitative estimate of drug-likeness (QED) is 0.517. The Labute approximate surface area is 195 Å². The van der Waals surface area contributed by atoms with Gasteiger partial charge in [0.15, 0.2) is 5.17 Å². The van der Waals surface area contributed by atoms with E-state index in [0.29, 0.717) is 6.04 Å². The monoisotopic (exact) mass is 445 g/mol. The summed E-state index contributed by atoms with van der Waals surface area (Å²) < 4.78 is 2.38. The third-order valence-electron chi connectivity index (χ3n) is 6.74. The molecular formula is C26H31N5S. The van der Waals surface area contributed by atoms with Crippen LogP contribution in [0.4, 0.5) is 5.69 Å². The lowest BCUT2D eigenvalue weighted by atomic mass is 9.95. The standard InChI is InChI=1S/C26H31N5S/c1-6-19-16-32-26-28-24(23-9-7-8-14-27-23)25(31(19)26)22-15-17(2)30(18(22)3)21-12-10-20(11-13-21)29(4)5/h7-15,19,24-25H,6,16H2,1-5H3/t19-,24+,25-/m1/s1. The summed E-state index contributed by atoms with van der Waals surface area (Å²) in [5.41, 5.74) is 7.36. The summed E-state index contributed by atoms with van der Waals surface area (Å²) in [6, 6.07) is 18.1. The summed E-state index contributed by atoms with van der Waals surface area (Å²) in [7, 11) is 4.15. The molecule has 5 nitrogen and oxygen atoms in total. The van der Waals surface area contributed by atoms with E-state index in [1.54, 1.807) is 0 Å². The van der Waals surface area contributed by atoms with Crippen molar-refractivity contribution >= 4 is 22.6 Å². The predicted octanol–water partition coefficient (Wildman–Crippen LogP) is 5.53. The molecule has 2 aromatic heterocycles. The number of aryl methyl sites for hydroxylation is 1. The highest BCUT2D eigenvalue weighted by Crippen LogP contribution is 2.49. The normalized spacial score (nSPS) is 22.2. The van der Waals surface area contributed by atoms with Crippen LogP contribution in [0.2, 0.25) is 0 Å². The van der Waals surface area contributed by atoms with Crippen LogP contribution >= 0.6 is 11.8 Å². The molecule has 1 saturated heterocycles. The second-order valence-corrected chi connectivity index (χ2v) is 9.90. The van der Waals surface area contributed by atoms with Gasteiger partial charge in [-0.05, 0) is 68.3 Å². The van der Waals surface area contributed by atoms with Crippen molar-refractivity contribution in [3.05, 3.63) is 77.4 Å². The second kappa shape index (κ2) is 8.32. The number of nitrogens with zero attached hydrogens (tertiary/aromatic N) is 5. The van der Waals surface area contributed by atoms with Crippen molar-refractivity contribution in [3.8, 4) is 5.69 Å². The zero-order chi connectivity index (χ0) is 22.4. The molecule has 3 atom stereocenters. The zero-order valence-corrected chi connectivity index (χ0v) is 20.3. The van der Waals surface area contributed by atoms with Crippen LogP contribution in [0.3, 0.4) is 0 Å². The number of benzene rings is 1. The number of anilines is 1. The minimum Gasteiger partial charge on any atom is -0.378 e. The zero-order valence-electron chi connectivity index (χ0n) is 19.5. The number of thioether (sulfide) groups is 1. The highest BCUT2D eigenvalue weighted by Gasteiger charge is 2.46. The van der Waals surface area contributed by atoms with Crippen molar-refractivity contribution in [3.63, 3.8) is 0 Å². The van der Waals surface area contributed by atoms with Gasteiger partial charge >= 0.3 is 0 Å². The van der Waals surface area contributed by atoms with Crippen molar-refractivity contribution in [2.24, 2.45) is 4.99 Å². The average molecular weight is 446 g/mol. The fourth-order valence-electron chi connectivity index (χ4n) is 5.07. The van der Waals surface area contributed by atoms with Crippen LogP contribution in [0.25, 0.3) is 5.69 Å². The van der Waals surface area contributed by atoms with E-state index in [0.717, 1.165) is 17.9 Å². The Morgan fingerprint density at radius 3 is 2.53 bits per heavy atom. The van der Waals surface area contributed by atoms with E-state index in [1.807, 2.05) is 24.0 Å². The smallest absolute Gasteiger partial charge is 0.160 e. The first-order valence-electron chi connectivity index (χ1n) is 11.4. The predicted molar refractivity (Wildman–Crippen MR) is 135 cm³/mol. The molecule has 5 rings (SSSR count). The molecule has 0 spiro atoms. The summed E-state index contributed by atoms with van der Waals surface area (Å²) in [5, 5.41) is 1.18. The maximum Gasteiger partial charge on any atom is 0.160 e. The van der Waals surface area contributed by atoms with Crippen molar-refractivity contribution in [2.45, 2.75) is 45.3 Å². The van der Waals surface area contributed by atoms with Gasteiger partial charge in [-0.25, -0.2) is 0 Å². The van der Waals surface area contributed by atoms with E-state index in [-0.39, 0.29) is 12.1 Å². The summed E-state index contributed by atoms with van der Waals surface area (Å²) in [6.45, 7) is 6.74. The second-order valence-electron chi connectivity index (χ2n) is 8.91. The molecule has 166 valence electrons. The SMILES string of the molecule is CC[C@@H]1CSC2=N[C@@H](c3ccccn3)[C@@H](c3cc(C)n(-c4ccc(N(C)C)cc4)c3C)N21. The molecule has 1 aromatic carbocycles. The van der Waals surface area contributed by atoms with Crippen LogP contribution in [0.5, 0.6) is 0 Å². The van der Waals surface area contributed by atoms with Gasteiger partial charge in [-0.3, -0.25) is 9.98 Å². The maximum absolute atomic E-state index is 5.19. The van der Waals surface area contributed by atoms with Gasteiger partial charge < -0.3 is 14.4 Å². The Morgan fingerprint density at radius 2 is 1.88 bits per heavy atom. The molecule has 0 N–H and O–H groups in total. The van der Waals surface area contributed by atoms with Crippen LogP contribution < -0.4 is 4.90 Å². The third-order valence-corrected chi connectivity index (χ3v) is 7.87. The van der Waals surface area contributed by atoms with Crippen LogP contribution in [0.15, 0.2) is 59.7 Å². The molecule has 0 bridgehead atoms. The molecule has 32 heavy (non-hydrogen) atoms. The lowest BCUT2D eigenvalue weighted by molar-refractivity contribution is 0.254. The maximum atomic E-state index is 5.19. The van der Waals surface area contributed by atoms with Gasteiger partial charge in [-0.2, -0.15) is 0 Å². The van der Waals surface area contributed by atoms with E-state index in [9.17, 15) is 0 Å². The molecule has 4 heterocycles. The largest absolute Gasteiger partial charge is 0.378 e. The van der Waals surface area contributed by atoms with E-state index in [1.165, 1.54) is 33.5 Å². The average Bonchev–Trinajstić information content (AvgIpc) is 3.46. The van der Waals surface area contributed by atoms with Crippen LogP contribution in [-0.4, -0.2) is 45.5 Å². The molecule has 0 aliphatic carbocycles. The molecule has 0 radical (unpaired) electrons. The number of fused-ring (bicyclic) bond motifs is 1. The number of pyridine rings is 1. The summed E-state index contributed by atoms with van der Waals surface area (Å²) in [6.07, 6.45) is 3.01. The lowest BCUT2D eigenvalue weighted by Gasteiger charge is -2.32. The molecule has 2 aliphatic rings. The minimum atomic E-state index is 0.0260. The topological polar surface area (TPSA) is 36.7 Å². The Balaban J connectivity index is 1.60.